The molecule has 0 aromatic rings. The Morgan fingerprint density at radius 3 is 2.60 bits per heavy atom. The van der Waals surface area contributed by atoms with Gasteiger partial charge in [0.15, 0.2) is 6.10 Å². The number of rotatable bonds is 2. The van der Waals surface area contributed by atoms with Gasteiger partial charge in [-0.05, 0) is 0 Å². The van der Waals surface area contributed by atoms with E-state index in [1.54, 1.807) is 0 Å². The maximum atomic E-state index is 10.7. The lowest BCUT2D eigenvalue weighted by atomic mass is 10.2. The second kappa shape index (κ2) is 2.81. The molecule has 2 N–H and O–H groups in total. The van der Waals surface area contributed by atoms with Gasteiger partial charge in [-0.15, -0.1) is 0 Å². The zero-order chi connectivity index (χ0) is 7.56. The van der Waals surface area contributed by atoms with Crippen LogP contribution in [-0.4, -0.2) is 35.3 Å². The van der Waals surface area contributed by atoms with Crippen LogP contribution in [0.1, 0.15) is 0 Å². The fourth-order valence-electron chi connectivity index (χ4n) is 0.737. The summed E-state index contributed by atoms with van der Waals surface area (Å²) in [7, 11) is 0. The maximum absolute atomic E-state index is 10.7. The minimum Gasteiger partial charge on any atom is -0.482 e. The van der Waals surface area contributed by atoms with Crippen LogP contribution in [0.2, 0.25) is 0 Å². The van der Waals surface area contributed by atoms with Crippen molar-refractivity contribution in [3.8, 4) is 0 Å². The predicted octanol–water partition coefficient (Wildman–Crippen LogP) is -1.18. The van der Waals surface area contributed by atoms with E-state index in [1.807, 2.05) is 0 Å². The summed E-state index contributed by atoms with van der Waals surface area (Å²) in [4.78, 5) is 10.7. The largest absolute Gasteiger partial charge is 0.482 e. The number of aliphatic hydroxyl groups excluding tert-OH is 2. The molecule has 0 aromatic carbocycles. The molecule has 1 rings (SSSR count). The van der Waals surface area contributed by atoms with Crippen LogP contribution in [0.5, 0.6) is 0 Å². The number of aliphatic hydroxyl groups is 2. The zero-order valence-corrected chi connectivity index (χ0v) is 5.28. The van der Waals surface area contributed by atoms with Crippen molar-refractivity contribution in [3.63, 3.8) is 0 Å². The topological polar surface area (TPSA) is 66.8 Å². The molecule has 1 aliphatic rings. The fraction of sp³-hybridized carbons (Fsp3) is 0.500. The summed E-state index contributed by atoms with van der Waals surface area (Å²) in [6.07, 6.45) is 0.406. The third-order valence-corrected chi connectivity index (χ3v) is 1.24. The van der Waals surface area contributed by atoms with Gasteiger partial charge in [-0.1, -0.05) is 0 Å². The predicted molar refractivity (Wildman–Crippen MR) is 32.1 cm³/mol. The second-order valence-electron chi connectivity index (χ2n) is 1.96. The van der Waals surface area contributed by atoms with Gasteiger partial charge in [0, 0.05) is 6.08 Å². The highest BCUT2D eigenvalue weighted by atomic mass is 16.5. The summed E-state index contributed by atoms with van der Waals surface area (Å²) < 4.78 is 4.78. The molecule has 10 heavy (non-hydrogen) atoms. The first kappa shape index (κ1) is 7.24. The van der Waals surface area contributed by atoms with Crippen LogP contribution in [0.4, 0.5) is 0 Å². The van der Waals surface area contributed by atoms with Crippen molar-refractivity contribution >= 4 is 5.78 Å². The Balaban J connectivity index is 2.57. The standard InChI is InChI=1S/C6H8O4/c7-2-4-1-5(9)6(3-8)10-4/h1,6-8H,2-3H2. The Kier molecular flexibility index (Phi) is 2.03. The van der Waals surface area contributed by atoms with E-state index in [0.717, 1.165) is 0 Å². The van der Waals surface area contributed by atoms with Gasteiger partial charge in [0.2, 0.25) is 5.78 Å². The average molecular weight is 144 g/mol. The van der Waals surface area contributed by atoms with Crippen molar-refractivity contribution in [2.24, 2.45) is 0 Å². The first-order chi connectivity index (χ1) is 4.77. The van der Waals surface area contributed by atoms with Crippen LogP contribution >= 0.6 is 0 Å². The van der Waals surface area contributed by atoms with E-state index in [1.165, 1.54) is 6.08 Å². The van der Waals surface area contributed by atoms with Crippen LogP contribution in [0.25, 0.3) is 0 Å². The Bertz CT molecular complexity index is 173. The van der Waals surface area contributed by atoms with E-state index in [4.69, 9.17) is 14.9 Å². The highest BCUT2D eigenvalue weighted by Gasteiger charge is 2.24. The van der Waals surface area contributed by atoms with Gasteiger partial charge in [0.25, 0.3) is 0 Å². The van der Waals surface area contributed by atoms with Crippen molar-refractivity contribution < 1.29 is 19.7 Å². The molecular weight excluding hydrogens is 136 g/mol. The second-order valence-corrected chi connectivity index (χ2v) is 1.96. The normalized spacial score (nSPS) is 24.4. The molecule has 0 bridgehead atoms. The molecule has 0 fully saturated rings. The summed E-state index contributed by atoms with van der Waals surface area (Å²) in [6, 6.07) is 0. The van der Waals surface area contributed by atoms with Gasteiger partial charge in [-0.3, -0.25) is 4.79 Å². The molecule has 4 nitrogen and oxygen atoms in total. The molecular formula is C6H8O4. The summed E-state index contributed by atoms with van der Waals surface area (Å²) in [6.45, 7) is -0.624. The quantitative estimate of drug-likeness (QED) is 0.512. The van der Waals surface area contributed by atoms with Crippen molar-refractivity contribution in [3.05, 3.63) is 11.8 Å². The monoisotopic (exact) mass is 144 g/mol. The lowest BCUT2D eigenvalue weighted by molar-refractivity contribution is -0.122. The highest BCUT2D eigenvalue weighted by Crippen LogP contribution is 2.11. The molecule has 0 radical (unpaired) electrons. The van der Waals surface area contributed by atoms with Gasteiger partial charge in [0.05, 0.1) is 6.61 Å². The molecule has 0 saturated heterocycles. The van der Waals surface area contributed by atoms with Gasteiger partial charge in [-0.25, -0.2) is 0 Å². The van der Waals surface area contributed by atoms with E-state index in [2.05, 4.69) is 0 Å². The molecule has 1 atom stereocenters. The zero-order valence-electron chi connectivity index (χ0n) is 5.28. The van der Waals surface area contributed by atoms with Crippen LogP contribution in [-0.2, 0) is 9.53 Å². The van der Waals surface area contributed by atoms with Gasteiger partial charge >= 0.3 is 0 Å². The number of carbonyl (C=O) groups excluding carboxylic acids is 1. The van der Waals surface area contributed by atoms with E-state index >= 15 is 0 Å². The van der Waals surface area contributed by atoms with E-state index in [9.17, 15) is 4.79 Å². The van der Waals surface area contributed by atoms with Crippen LogP contribution in [0.15, 0.2) is 11.8 Å². The summed E-state index contributed by atoms with van der Waals surface area (Å²) >= 11 is 0. The van der Waals surface area contributed by atoms with Crippen LogP contribution in [0.3, 0.4) is 0 Å². The molecule has 1 heterocycles. The first-order valence-electron chi connectivity index (χ1n) is 2.90. The van der Waals surface area contributed by atoms with Gasteiger partial charge < -0.3 is 14.9 Å². The number of hydrogen-bond acceptors (Lipinski definition) is 4. The van der Waals surface area contributed by atoms with Crippen LogP contribution < -0.4 is 0 Å². The van der Waals surface area contributed by atoms with Gasteiger partial charge in [0.1, 0.15) is 12.4 Å². The molecule has 0 spiro atoms. The van der Waals surface area contributed by atoms with Crippen molar-refractivity contribution in [1.29, 1.82) is 0 Å². The van der Waals surface area contributed by atoms with E-state index in [0.29, 0.717) is 0 Å². The van der Waals surface area contributed by atoms with E-state index in [-0.39, 0.29) is 24.8 Å². The molecule has 0 aliphatic carbocycles. The minimum absolute atomic E-state index is 0.226. The van der Waals surface area contributed by atoms with Gasteiger partial charge in [-0.2, -0.15) is 0 Å². The lowest BCUT2D eigenvalue weighted by Crippen LogP contribution is -2.20. The Morgan fingerprint density at radius 2 is 2.30 bits per heavy atom. The average Bonchev–Trinajstić information content (AvgIpc) is 2.30. The third-order valence-electron chi connectivity index (χ3n) is 1.24. The summed E-state index contributed by atoms with van der Waals surface area (Å²) in [5.41, 5.74) is 0. The maximum Gasteiger partial charge on any atom is 0.201 e. The van der Waals surface area contributed by atoms with Crippen LogP contribution in [0, 0.1) is 0 Å². The molecule has 1 aliphatic heterocycles. The molecule has 4 heteroatoms. The first-order valence-corrected chi connectivity index (χ1v) is 2.90. The molecule has 0 saturated carbocycles. The molecule has 0 amide bonds. The minimum atomic E-state index is -0.790. The number of ether oxygens (including phenoxy) is 1. The Labute approximate surface area is 57.7 Å². The summed E-state index contributed by atoms with van der Waals surface area (Å²) in [5, 5.41) is 17.0. The smallest absolute Gasteiger partial charge is 0.201 e. The van der Waals surface area contributed by atoms with E-state index < -0.39 is 6.10 Å². The van der Waals surface area contributed by atoms with Crippen molar-refractivity contribution in [2.45, 2.75) is 6.10 Å². The number of hydrogen-bond donors (Lipinski definition) is 2. The molecule has 1 unspecified atom stereocenters. The Hall–Kier alpha value is -0.870. The summed E-state index contributed by atoms with van der Waals surface area (Å²) in [5.74, 6) is -0.0596. The van der Waals surface area contributed by atoms with Crippen molar-refractivity contribution in [2.75, 3.05) is 13.2 Å². The van der Waals surface area contributed by atoms with Crippen molar-refractivity contribution in [1.82, 2.24) is 0 Å². The molecule has 56 valence electrons. The molecule has 0 aromatic heterocycles. The number of ketones is 1. The SMILES string of the molecule is O=C1C=C(CO)OC1CO. The third kappa shape index (κ3) is 1.17. The Morgan fingerprint density at radius 1 is 1.60 bits per heavy atom. The number of carbonyl (C=O) groups is 1. The fourth-order valence-corrected chi connectivity index (χ4v) is 0.737. The highest BCUT2D eigenvalue weighted by molar-refractivity contribution is 5.95. The lowest BCUT2D eigenvalue weighted by Gasteiger charge is -2.05.